The summed E-state index contributed by atoms with van der Waals surface area (Å²) < 4.78 is 70.1. The zero-order chi connectivity index (χ0) is 25.6. The Hall–Kier alpha value is -3.25. The third-order valence-electron chi connectivity index (χ3n) is 5.41. The third-order valence-corrected chi connectivity index (χ3v) is 5.41. The highest BCUT2D eigenvalue weighted by atomic mass is 19.4. The average Bonchev–Trinajstić information content (AvgIpc) is 2.78. The van der Waals surface area contributed by atoms with Crippen molar-refractivity contribution >= 4 is 17.6 Å². The third kappa shape index (κ3) is 7.89. The second-order valence-corrected chi connectivity index (χ2v) is 8.10. The molecule has 2 aromatic carbocycles. The first-order valence-electron chi connectivity index (χ1n) is 10.8. The lowest BCUT2D eigenvalue weighted by Gasteiger charge is -2.35. The number of carbonyl (C=O) groups is 2. The maximum atomic E-state index is 13.2. The Morgan fingerprint density at radius 3 is 2.29 bits per heavy atom. The van der Waals surface area contributed by atoms with Gasteiger partial charge in [-0.25, -0.2) is 13.6 Å². The van der Waals surface area contributed by atoms with E-state index in [1.165, 1.54) is 0 Å². The molecule has 2 aromatic rings. The number of alkyl halides is 3. The summed E-state index contributed by atoms with van der Waals surface area (Å²) in [4.78, 5) is 24.5. The van der Waals surface area contributed by atoms with E-state index in [-0.39, 0.29) is 24.2 Å². The molecule has 0 unspecified atom stereocenters. The van der Waals surface area contributed by atoms with E-state index in [9.17, 15) is 36.6 Å². The summed E-state index contributed by atoms with van der Waals surface area (Å²) in [5.74, 6) is -1.92. The number of halogens is 5. The first-order chi connectivity index (χ1) is 16.5. The van der Waals surface area contributed by atoms with Crippen molar-refractivity contribution in [3.8, 4) is 0 Å². The minimum Gasteiger partial charge on any atom is -0.394 e. The summed E-state index contributed by atoms with van der Waals surface area (Å²) >= 11 is 0. The van der Waals surface area contributed by atoms with E-state index in [1.807, 2.05) is 0 Å². The normalized spacial score (nSPS) is 20.2. The minimum atomic E-state index is -4.49. The van der Waals surface area contributed by atoms with Gasteiger partial charge in [0.25, 0.3) is 0 Å². The fourth-order valence-electron chi connectivity index (χ4n) is 3.72. The molecule has 0 aromatic heterocycles. The van der Waals surface area contributed by atoms with Gasteiger partial charge in [-0.1, -0.05) is 0 Å². The quantitative estimate of drug-likeness (QED) is 0.435. The van der Waals surface area contributed by atoms with Crippen LogP contribution >= 0.6 is 0 Å². The van der Waals surface area contributed by atoms with Crippen LogP contribution in [0.25, 0.3) is 0 Å². The number of carbonyl (C=O) groups excluding carboxylic acids is 2. The first kappa shape index (κ1) is 26.4. The molecule has 3 rings (SSSR count). The number of amides is 3. The van der Waals surface area contributed by atoms with Gasteiger partial charge in [-0.05, 0) is 54.8 Å². The maximum absolute atomic E-state index is 13.2. The highest BCUT2D eigenvalue weighted by Gasteiger charge is 2.33. The van der Waals surface area contributed by atoms with Crippen molar-refractivity contribution in [3.05, 3.63) is 65.2 Å². The SMILES string of the molecule is O=C(C[C@H]1CC[C@H](NC(=O)Nc2ccc(C(F)(F)F)cc2)[C@@H](CO)O1)NCc1cc(F)cc(F)c1. The zero-order valence-electron chi connectivity index (χ0n) is 18.4. The Balaban J connectivity index is 1.46. The minimum absolute atomic E-state index is 0.0568. The lowest BCUT2D eigenvalue weighted by atomic mass is 9.97. The van der Waals surface area contributed by atoms with Crippen LogP contribution in [-0.2, 0) is 22.3 Å². The molecule has 3 atom stereocenters. The maximum Gasteiger partial charge on any atom is 0.416 e. The van der Waals surface area contributed by atoms with Gasteiger partial charge in [0.05, 0.1) is 30.7 Å². The van der Waals surface area contributed by atoms with Crippen molar-refractivity contribution in [2.75, 3.05) is 11.9 Å². The Morgan fingerprint density at radius 1 is 1.03 bits per heavy atom. The average molecular weight is 501 g/mol. The van der Waals surface area contributed by atoms with Gasteiger partial charge < -0.3 is 25.8 Å². The summed E-state index contributed by atoms with van der Waals surface area (Å²) in [7, 11) is 0. The Bertz CT molecular complexity index is 1010. The molecular weight excluding hydrogens is 477 g/mol. The second kappa shape index (κ2) is 11.5. The Kier molecular flexibility index (Phi) is 8.62. The summed E-state index contributed by atoms with van der Waals surface area (Å²) in [6.07, 6.45) is -5.15. The van der Waals surface area contributed by atoms with E-state index in [1.54, 1.807) is 0 Å². The largest absolute Gasteiger partial charge is 0.416 e. The van der Waals surface area contributed by atoms with Crippen LogP contribution in [0.3, 0.4) is 0 Å². The van der Waals surface area contributed by atoms with Crippen molar-refractivity contribution < 1.29 is 41.4 Å². The number of urea groups is 1. The van der Waals surface area contributed by atoms with Gasteiger partial charge in [-0.3, -0.25) is 4.79 Å². The first-order valence-corrected chi connectivity index (χ1v) is 10.8. The van der Waals surface area contributed by atoms with Gasteiger partial charge in [0.15, 0.2) is 0 Å². The number of hydrogen-bond acceptors (Lipinski definition) is 4. The molecule has 7 nitrogen and oxygen atoms in total. The van der Waals surface area contributed by atoms with E-state index < -0.39 is 60.2 Å². The molecule has 0 radical (unpaired) electrons. The molecule has 1 heterocycles. The summed E-state index contributed by atoms with van der Waals surface area (Å²) in [5, 5.41) is 17.2. The molecule has 0 bridgehead atoms. The molecular formula is C23H24F5N3O4. The molecule has 12 heteroatoms. The van der Waals surface area contributed by atoms with Gasteiger partial charge in [0.1, 0.15) is 17.7 Å². The van der Waals surface area contributed by atoms with E-state index >= 15 is 0 Å². The van der Waals surface area contributed by atoms with Gasteiger partial charge in [0.2, 0.25) is 5.91 Å². The van der Waals surface area contributed by atoms with Gasteiger partial charge in [-0.2, -0.15) is 13.2 Å². The fraction of sp³-hybridized carbons (Fsp3) is 0.391. The summed E-state index contributed by atoms with van der Waals surface area (Å²) in [5.41, 5.74) is -0.430. The second-order valence-electron chi connectivity index (χ2n) is 8.10. The number of benzene rings is 2. The fourth-order valence-corrected chi connectivity index (χ4v) is 3.72. The van der Waals surface area contributed by atoms with Crippen molar-refractivity contribution in [1.29, 1.82) is 0 Å². The molecule has 1 fully saturated rings. The van der Waals surface area contributed by atoms with Crippen LogP contribution in [0.2, 0.25) is 0 Å². The number of ether oxygens (including phenoxy) is 1. The number of nitrogens with one attached hydrogen (secondary N) is 3. The van der Waals surface area contributed by atoms with Crippen LogP contribution in [0.15, 0.2) is 42.5 Å². The molecule has 0 spiro atoms. The molecule has 4 N–H and O–H groups in total. The van der Waals surface area contributed by atoms with Crippen molar-refractivity contribution in [3.63, 3.8) is 0 Å². The lowest BCUT2D eigenvalue weighted by molar-refractivity contribution is -0.137. The smallest absolute Gasteiger partial charge is 0.394 e. The van der Waals surface area contributed by atoms with Crippen molar-refractivity contribution in [2.24, 2.45) is 0 Å². The van der Waals surface area contributed by atoms with Crippen LogP contribution < -0.4 is 16.0 Å². The Morgan fingerprint density at radius 2 is 1.69 bits per heavy atom. The van der Waals surface area contributed by atoms with E-state index in [0.29, 0.717) is 12.8 Å². The molecule has 3 amide bonds. The summed E-state index contributed by atoms with van der Waals surface area (Å²) in [6, 6.07) is 5.59. The monoisotopic (exact) mass is 501 g/mol. The standard InChI is InChI=1S/C23H24F5N3O4/c24-15-7-13(8-16(25)9-15)11-29-21(33)10-18-5-6-19(20(12-32)35-18)31-22(34)30-17-3-1-14(2-4-17)23(26,27)28/h1-4,7-9,18-20,32H,5-6,10-12H2,(H,29,33)(H2,30,31,34)/t18-,19+,20-/m1/s1. The highest BCUT2D eigenvalue weighted by molar-refractivity contribution is 5.89. The topological polar surface area (TPSA) is 99.7 Å². The molecule has 190 valence electrons. The van der Waals surface area contributed by atoms with Crippen LogP contribution in [0.5, 0.6) is 0 Å². The van der Waals surface area contributed by atoms with Crippen LogP contribution in [-0.4, -0.2) is 41.9 Å². The summed E-state index contributed by atoms with van der Waals surface area (Å²) in [6.45, 7) is -0.510. The molecule has 35 heavy (non-hydrogen) atoms. The lowest BCUT2D eigenvalue weighted by Crippen LogP contribution is -2.52. The van der Waals surface area contributed by atoms with Gasteiger partial charge >= 0.3 is 12.2 Å². The van der Waals surface area contributed by atoms with Crippen molar-refractivity contribution in [2.45, 2.75) is 50.2 Å². The van der Waals surface area contributed by atoms with Crippen LogP contribution in [0, 0.1) is 11.6 Å². The molecule has 0 aliphatic carbocycles. The highest BCUT2D eigenvalue weighted by Crippen LogP contribution is 2.30. The van der Waals surface area contributed by atoms with E-state index in [0.717, 1.165) is 42.5 Å². The number of aliphatic hydroxyl groups excluding tert-OH is 1. The van der Waals surface area contributed by atoms with Gasteiger partial charge in [0, 0.05) is 18.3 Å². The van der Waals surface area contributed by atoms with Crippen molar-refractivity contribution in [1.82, 2.24) is 10.6 Å². The van der Waals surface area contributed by atoms with E-state index in [2.05, 4.69) is 16.0 Å². The number of rotatable bonds is 7. The number of aliphatic hydroxyl groups is 1. The van der Waals surface area contributed by atoms with Crippen LogP contribution in [0.1, 0.15) is 30.4 Å². The Labute approximate surface area is 197 Å². The molecule has 1 aliphatic rings. The van der Waals surface area contributed by atoms with E-state index in [4.69, 9.17) is 4.74 Å². The van der Waals surface area contributed by atoms with Crippen LogP contribution in [0.4, 0.5) is 32.4 Å². The van der Waals surface area contributed by atoms with Gasteiger partial charge in [-0.15, -0.1) is 0 Å². The predicted octanol–water partition coefficient (Wildman–Crippen LogP) is 3.72. The predicted molar refractivity (Wildman–Crippen MR) is 115 cm³/mol. The number of hydrogen-bond donors (Lipinski definition) is 4. The molecule has 1 aliphatic heterocycles. The zero-order valence-corrected chi connectivity index (χ0v) is 18.4. The molecule has 0 saturated carbocycles. The number of anilines is 1. The molecule has 1 saturated heterocycles.